The molecule has 1 aromatic heterocycles. The van der Waals surface area contributed by atoms with Gasteiger partial charge in [-0.15, -0.1) is 0 Å². The van der Waals surface area contributed by atoms with Crippen LogP contribution in [0.4, 0.5) is 10.1 Å². The molecule has 0 saturated carbocycles. The Labute approximate surface area is 147 Å². The van der Waals surface area contributed by atoms with Gasteiger partial charge < -0.3 is 9.72 Å². The number of nitrogens with one attached hydrogen (secondary N) is 2. The van der Waals surface area contributed by atoms with Crippen LogP contribution in [0.5, 0.6) is 5.75 Å². The van der Waals surface area contributed by atoms with Crippen molar-refractivity contribution >= 4 is 38.2 Å². The van der Waals surface area contributed by atoms with E-state index in [-0.39, 0.29) is 22.9 Å². The number of H-pyrrole nitrogens is 1. The van der Waals surface area contributed by atoms with Crippen LogP contribution in [-0.2, 0) is 10.0 Å². The number of aromatic amines is 1. The summed E-state index contributed by atoms with van der Waals surface area (Å²) in [6.07, 6.45) is 1.34. The molecule has 1 heterocycles. The van der Waals surface area contributed by atoms with Crippen molar-refractivity contribution in [3.63, 3.8) is 0 Å². The average Bonchev–Trinajstić information content (AvgIpc) is 2.98. The molecular weight excluding hydrogens is 369 g/mol. The van der Waals surface area contributed by atoms with Gasteiger partial charge in [-0.2, -0.15) is 5.26 Å². The van der Waals surface area contributed by atoms with E-state index in [0.29, 0.717) is 15.9 Å². The van der Waals surface area contributed by atoms with Gasteiger partial charge >= 0.3 is 0 Å². The van der Waals surface area contributed by atoms with E-state index in [2.05, 4.69) is 9.71 Å². The van der Waals surface area contributed by atoms with E-state index in [0.717, 1.165) is 12.1 Å². The maximum Gasteiger partial charge on any atom is 0.264 e. The van der Waals surface area contributed by atoms with Crippen LogP contribution in [0.1, 0.15) is 0 Å². The van der Waals surface area contributed by atoms with E-state index >= 15 is 0 Å². The summed E-state index contributed by atoms with van der Waals surface area (Å²) in [7, 11) is -3.98. The number of nitriles is 1. The smallest absolute Gasteiger partial charge is 0.264 e. The molecule has 0 spiro atoms. The van der Waals surface area contributed by atoms with Gasteiger partial charge in [0.15, 0.2) is 6.61 Å². The first-order valence-corrected chi connectivity index (χ1v) is 8.85. The topological polar surface area (TPSA) is 95.0 Å². The summed E-state index contributed by atoms with van der Waals surface area (Å²) >= 11 is 5.89. The predicted molar refractivity (Wildman–Crippen MR) is 91.6 cm³/mol. The fraction of sp³-hybridized carbons (Fsp3) is 0.0625. The number of sulfonamides is 1. The molecule has 0 radical (unpaired) electrons. The number of hydrogen-bond acceptors (Lipinski definition) is 4. The number of ether oxygens (including phenoxy) is 1. The van der Waals surface area contributed by atoms with E-state index in [1.54, 1.807) is 24.3 Å². The van der Waals surface area contributed by atoms with Crippen molar-refractivity contribution < 1.29 is 17.5 Å². The van der Waals surface area contributed by atoms with Crippen molar-refractivity contribution in [2.24, 2.45) is 0 Å². The van der Waals surface area contributed by atoms with Gasteiger partial charge in [0.2, 0.25) is 0 Å². The molecule has 0 atom stereocenters. The largest absolute Gasteiger partial charge is 0.476 e. The zero-order valence-corrected chi connectivity index (χ0v) is 14.2. The molecule has 9 heteroatoms. The molecule has 3 aromatic rings. The summed E-state index contributed by atoms with van der Waals surface area (Å²) < 4.78 is 46.2. The molecule has 25 heavy (non-hydrogen) atoms. The fourth-order valence-corrected chi connectivity index (χ4v) is 3.73. The lowest BCUT2D eigenvalue weighted by Gasteiger charge is -2.12. The van der Waals surface area contributed by atoms with Crippen LogP contribution in [-0.4, -0.2) is 20.0 Å². The molecule has 6 nitrogen and oxygen atoms in total. The molecule has 2 N–H and O–H groups in total. The minimum Gasteiger partial charge on any atom is -0.476 e. The van der Waals surface area contributed by atoms with Crippen molar-refractivity contribution in [1.82, 2.24) is 4.98 Å². The van der Waals surface area contributed by atoms with Crippen LogP contribution in [0.2, 0.25) is 5.02 Å². The molecule has 0 aliphatic heterocycles. The first kappa shape index (κ1) is 17.1. The standard InChI is InChI=1S/C16H11ClFN3O3S/c17-10-1-3-12-14(7-10)20-9-16(12)25(22,23)21-13-4-2-11(18)8-15(13)24-6-5-19/h1-4,7-9,20-21H,6H2. The van der Waals surface area contributed by atoms with Gasteiger partial charge in [0.25, 0.3) is 10.0 Å². The van der Waals surface area contributed by atoms with Gasteiger partial charge in [0.05, 0.1) is 5.69 Å². The summed E-state index contributed by atoms with van der Waals surface area (Å²) in [5.74, 6) is -0.689. The second-order valence-corrected chi connectivity index (χ2v) is 7.12. The molecule has 128 valence electrons. The molecule has 2 aromatic carbocycles. The zero-order valence-electron chi connectivity index (χ0n) is 12.6. The number of hydrogen-bond donors (Lipinski definition) is 2. The highest BCUT2D eigenvalue weighted by molar-refractivity contribution is 7.93. The van der Waals surface area contributed by atoms with Gasteiger partial charge in [0, 0.05) is 28.2 Å². The summed E-state index contributed by atoms with van der Waals surface area (Å²) in [4.78, 5) is 2.85. The lowest BCUT2D eigenvalue weighted by Crippen LogP contribution is -2.13. The first-order valence-electron chi connectivity index (χ1n) is 6.99. The Bertz CT molecular complexity index is 1090. The Kier molecular flexibility index (Phi) is 4.53. The van der Waals surface area contributed by atoms with Crippen molar-refractivity contribution in [3.05, 3.63) is 53.4 Å². The second kappa shape index (κ2) is 6.63. The second-order valence-electron chi connectivity index (χ2n) is 5.04. The van der Waals surface area contributed by atoms with Crippen LogP contribution in [0, 0.1) is 17.1 Å². The third kappa shape index (κ3) is 3.52. The van der Waals surface area contributed by atoms with Crippen LogP contribution >= 0.6 is 11.6 Å². The van der Waals surface area contributed by atoms with Crippen molar-refractivity contribution in [2.45, 2.75) is 4.90 Å². The Morgan fingerprint density at radius 2 is 2.08 bits per heavy atom. The van der Waals surface area contributed by atoms with Gasteiger partial charge in [-0.25, -0.2) is 12.8 Å². The van der Waals surface area contributed by atoms with E-state index in [1.165, 1.54) is 12.3 Å². The Morgan fingerprint density at radius 3 is 2.84 bits per heavy atom. The SMILES string of the molecule is N#CCOc1cc(F)ccc1NS(=O)(=O)c1c[nH]c2cc(Cl)ccc12. The molecule has 0 fully saturated rings. The summed E-state index contributed by atoms with van der Waals surface area (Å²) in [6.45, 7) is -0.343. The minimum atomic E-state index is -3.98. The van der Waals surface area contributed by atoms with Crippen LogP contribution < -0.4 is 9.46 Å². The molecule has 0 unspecified atom stereocenters. The normalized spacial score (nSPS) is 11.2. The number of benzene rings is 2. The molecule has 0 amide bonds. The van der Waals surface area contributed by atoms with E-state index in [4.69, 9.17) is 21.6 Å². The van der Waals surface area contributed by atoms with Crippen LogP contribution in [0.15, 0.2) is 47.5 Å². The molecule has 0 aliphatic carbocycles. The first-order chi connectivity index (χ1) is 11.9. The number of rotatable bonds is 5. The maximum atomic E-state index is 13.4. The molecule has 0 aliphatic rings. The molecule has 0 saturated heterocycles. The lowest BCUT2D eigenvalue weighted by molar-refractivity contribution is 0.367. The Morgan fingerprint density at radius 1 is 1.28 bits per heavy atom. The average molecular weight is 380 g/mol. The third-order valence-electron chi connectivity index (χ3n) is 3.38. The Balaban J connectivity index is 2.00. The summed E-state index contributed by atoms with van der Waals surface area (Å²) in [5.41, 5.74) is 0.591. The number of aromatic nitrogens is 1. The third-order valence-corrected chi connectivity index (χ3v) is 5.02. The monoisotopic (exact) mass is 379 g/mol. The summed E-state index contributed by atoms with van der Waals surface area (Å²) in [6, 6.07) is 9.83. The number of halogens is 2. The zero-order chi connectivity index (χ0) is 18.0. The molecule has 0 bridgehead atoms. The predicted octanol–water partition coefficient (Wildman–Crippen LogP) is 3.66. The quantitative estimate of drug-likeness (QED) is 0.707. The number of nitrogens with zero attached hydrogens (tertiary/aromatic N) is 1. The van der Waals surface area contributed by atoms with Gasteiger partial charge in [0.1, 0.15) is 22.5 Å². The maximum absolute atomic E-state index is 13.4. The van der Waals surface area contributed by atoms with Crippen molar-refractivity contribution in [2.75, 3.05) is 11.3 Å². The van der Waals surface area contributed by atoms with Crippen molar-refractivity contribution in [3.8, 4) is 11.8 Å². The molecule has 3 rings (SSSR count). The van der Waals surface area contributed by atoms with E-state index in [9.17, 15) is 12.8 Å². The van der Waals surface area contributed by atoms with Crippen LogP contribution in [0.25, 0.3) is 10.9 Å². The van der Waals surface area contributed by atoms with Gasteiger partial charge in [-0.3, -0.25) is 4.72 Å². The van der Waals surface area contributed by atoms with Gasteiger partial charge in [-0.05, 0) is 30.3 Å². The van der Waals surface area contributed by atoms with E-state index < -0.39 is 15.8 Å². The Hall–Kier alpha value is -2.76. The highest BCUT2D eigenvalue weighted by Crippen LogP contribution is 2.31. The summed E-state index contributed by atoms with van der Waals surface area (Å²) in [5, 5.41) is 9.52. The number of fused-ring (bicyclic) bond motifs is 1. The fourth-order valence-electron chi connectivity index (χ4n) is 2.30. The highest BCUT2D eigenvalue weighted by atomic mass is 35.5. The van der Waals surface area contributed by atoms with Crippen LogP contribution in [0.3, 0.4) is 0 Å². The van der Waals surface area contributed by atoms with E-state index in [1.807, 2.05) is 0 Å². The lowest BCUT2D eigenvalue weighted by atomic mass is 10.2. The number of anilines is 1. The van der Waals surface area contributed by atoms with Gasteiger partial charge in [-0.1, -0.05) is 11.6 Å². The minimum absolute atomic E-state index is 0.00900. The molecular formula is C16H11ClFN3O3S. The highest BCUT2D eigenvalue weighted by Gasteiger charge is 2.21. The van der Waals surface area contributed by atoms with Crippen molar-refractivity contribution in [1.29, 1.82) is 5.26 Å².